The normalized spacial score (nSPS) is 32.1. The van der Waals surface area contributed by atoms with E-state index in [9.17, 15) is 14.9 Å². The molecule has 0 aromatic heterocycles. The number of aldehydes is 1. The Bertz CT molecular complexity index is 277. The molecule has 0 spiro atoms. The number of methoxy groups -OCH3 is 1. The van der Waals surface area contributed by atoms with Crippen molar-refractivity contribution in [2.75, 3.05) is 7.11 Å². The maximum atomic E-state index is 10.7. The Balaban J connectivity index is 2.96. The van der Waals surface area contributed by atoms with Crippen molar-refractivity contribution >= 4 is 12.0 Å². The monoisotopic (exact) mass is 200 g/mol. The molecule has 3 atom stereocenters. The summed E-state index contributed by atoms with van der Waals surface area (Å²) in [5.41, 5.74) is 0.715. The van der Waals surface area contributed by atoms with Gasteiger partial charge in [0.2, 0.25) is 6.23 Å². The number of aliphatic imine (C=N–C) groups is 1. The predicted octanol–water partition coefficient (Wildman–Crippen LogP) is 0.284. The van der Waals surface area contributed by atoms with Crippen molar-refractivity contribution in [3.63, 3.8) is 0 Å². The van der Waals surface area contributed by atoms with Crippen LogP contribution in [-0.4, -0.2) is 36.3 Å². The minimum absolute atomic E-state index is 0.342. The van der Waals surface area contributed by atoms with Crippen LogP contribution in [0.5, 0.6) is 0 Å². The van der Waals surface area contributed by atoms with Gasteiger partial charge in [-0.3, -0.25) is 15.1 Å². The standard InChI is InChI=1S/C8H12N2O4/c1-5-3-6(4-11)7(10(12)13)8(9-5)14-2/h4,6-8H,3H2,1-2H3. The predicted molar refractivity (Wildman–Crippen MR) is 48.9 cm³/mol. The van der Waals surface area contributed by atoms with Gasteiger partial charge in [-0.1, -0.05) is 0 Å². The van der Waals surface area contributed by atoms with Gasteiger partial charge in [-0.2, -0.15) is 0 Å². The highest BCUT2D eigenvalue weighted by Gasteiger charge is 2.42. The first-order valence-corrected chi connectivity index (χ1v) is 4.25. The molecule has 1 aliphatic heterocycles. The number of carbonyl (C=O) groups is 1. The molecule has 0 saturated carbocycles. The number of ether oxygens (including phenoxy) is 1. The Labute approximate surface area is 81.1 Å². The van der Waals surface area contributed by atoms with E-state index in [0.29, 0.717) is 18.4 Å². The van der Waals surface area contributed by atoms with E-state index in [-0.39, 0.29) is 0 Å². The first kappa shape index (κ1) is 10.8. The van der Waals surface area contributed by atoms with Crippen molar-refractivity contribution in [3.05, 3.63) is 10.1 Å². The lowest BCUT2D eigenvalue weighted by Crippen LogP contribution is -2.45. The van der Waals surface area contributed by atoms with Gasteiger partial charge in [0.05, 0.1) is 5.92 Å². The molecule has 6 heteroatoms. The third-order valence-corrected chi connectivity index (χ3v) is 2.27. The van der Waals surface area contributed by atoms with Gasteiger partial charge in [0.15, 0.2) is 0 Å². The highest BCUT2D eigenvalue weighted by molar-refractivity contribution is 5.85. The number of carbonyl (C=O) groups excluding carboxylic acids is 1. The molecule has 0 aliphatic carbocycles. The molecule has 14 heavy (non-hydrogen) atoms. The van der Waals surface area contributed by atoms with Gasteiger partial charge in [0.1, 0.15) is 6.29 Å². The Morgan fingerprint density at radius 2 is 2.36 bits per heavy atom. The molecule has 1 heterocycles. The summed E-state index contributed by atoms with van der Waals surface area (Å²) in [7, 11) is 1.35. The van der Waals surface area contributed by atoms with Crippen molar-refractivity contribution < 1.29 is 14.5 Å². The summed E-state index contributed by atoms with van der Waals surface area (Å²) in [4.78, 5) is 24.9. The van der Waals surface area contributed by atoms with Crippen LogP contribution in [0.25, 0.3) is 0 Å². The molecular formula is C8H12N2O4. The lowest BCUT2D eigenvalue weighted by atomic mass is 9.92. The van der Waals surface area contributed by atoms with E-state index in [2.05, 4.69) is 4.99 Å². The van der Waals surface area contributed by atoms with Crippen LogP contribution in [0.1, 0.15) is 13.3 Å². The SMILES string of the molecule is COC1N=C(C)CC(C=O)C1[N+](=O)[O-]. The first-order chi connectivity index (χ1) is 6.60. The lowest BCUT2D eigenvalue weighted by molar-refractivity contribution is -0.541. The van der Waals surface area contributed by atoms with E-state index in [4.69, 9.17) is 4.74 Å². The molecule has 0 N–H and O–H groups in total. The van der Waals surface area contributed by atoms with Crippen LogP contribution in [0, 0.1) is 16.0 Å². The van der Waals surface area contributed by atoms with Gasteiger partial charge in [0.25, 0.3) is 6.04 Å². The van der Waals surface area contributed by atoms with E-state index in [1.54, 1.807) is 6.92 Å². The van der Waals surface area contributed by atoms with Gasteiger partial charge in [-0.15, -0.1) is 0 Å². The van der Waals surface area contributed by atoms with Crippen molar-refractivity contribution in [2.45, 2.75) is 25.6 Å². The molecule has 0 aromatic carbocycles. The van der Waals surface area contributed by atoms with Crippen LogP contribution in [0.3, 0.4) is 0 Å². The molecule has 0 amide bonds. The zero-order valence-corrected chi connectivity index (χ0v) is 8.04. The molecule has 3 unspecified atom stereocenters. The molecule has 78 valence electrons. The van der Waals surface area contributed by atoms with E-state index >= 15 is 0 Å². The number of nitrogens with zero attached hydrogens (tertiary/aromatic N) is 2. The average molecular weight is 200 g/mol. The number of hydrogen-bond donors (Lipinski definition) is 0. The maximum absolute atomic E-state index is 10.7. The van der Waals surface area contributed by atoms with E-state index < -0.39 is 23.1 Å². The Morgan fingerprint density at radius 3 is 2.79 bits per heavy atom. The summed E-state index contributed by atoms with van der Waals surface area (Å²) >= 11 is 0. The van der Waals surface area contributed by atoms with Crippen molar-refractivity contribution in [2.24, 2.45) is 10.9 Å². The zero-order chi connectivity index (χ0) is 10.7. The van der Waals surface area contributed by atoms with Gasteiger partial charge in [0, 0.05) is 24.2 Å². The van der Waals surface area contributed by atoms with Crippen molar-refractivity contribution in [3.8, 4) is 0 Å². The first-order valence-electron chi connectivity index (χ1n) is 4.25. The van der Waals surface area contributed by atoms with Crippen molar-refractivity contribution in [1.82, 2.24) is 0 Å². The van der Waals surface area contributed by atoms with E-state index in [1.807, 2.05) is 0 Å². The fraction of sp³-hybridized carbons (Fsp3) is 0.750. The third-order valence-electron chi connectivity index (χ3n) is 2.27. The quantitative estimate of drug-likeness (QED) is 0.372. The largest absolute Gasteiger partial charge is 0.354 e. The smallest absolute Gasteiger partial charge is 0.268 e. The fourth-order valence-corrected chi connectivity index (χ4v) is 1.60. The van der Waals surface area contributed by atoms with Crippen LogP contribution >= 0.6 is 0 Å². The highest BCUT2D eigenvalue weighted by Crippen LogP contribution is 2.22. The molecule has 0 aromatic rings. The summed E-state index contributed by atoms with van der Waals surface area (Å²) in [6, 6.07) is -1.05. The van der Waals surface area contributed by atoms with Gasteiger partial charge in [-0.05, 0) is 6.92 Å². The second-order valence-corrected chi connectivity index (χ2v) is 3.27. The summed E-state index contributed by atoms with van der Waals surface area (Å²) in [5, 5.41) is 10.7. The molecule has 1 aliphatic rings. The fourth-order valence-electron chi connectivity index (χ4n) is 1.60. The lowest BCUT2D eigenvalue weighted by Gasteiger charge is -2.25. The van der Waals surface area contributed by atoms with Crippen LogP contribution in [0.4, 0.5) is 0 Å². The van der Waals surface area contributed by atoms with Crippen LogP contribution < -0.4 is 0 Å². The number of rotatable bonds is 3. The topological polar surface area (TPSA) is 81.8 Å². The minimum atomic E-state index is -1.05. The summed E-state index contributed by atoms with van der Waals surface area (Å²) < 4.78 is 4.88. The average Bonchev–Trinajstić information content (AvgIpc) is 2.15. The number of nitro groups is 1. The Kier molecular flexibility index (Phi) is 3.29. The summed E-state index contributed by atoms with van der Waals surface area (Å²) in [6.45, 7) is 1.73. The molecule has 0 saturated heterocycles. The van der Waals surface area contributed by atoms with Gasteiger partial charge in [-0.25, -0.2) is 0 Å². The van der Waals surface area contributed by atoms with Gasteiger partial charge < -0.3 is 9.53 Å². The molecule has 0 radical (unpaired) electrons. The number of hydrogen-bond acceptors (Lipinski definition) is 5. The zero-order valence-electron chi connectivity index (χ0n) is 8.04. The van der Waals surface area contributed by atoms with Crippen LogP contribution in [0.2, 0.25) is 0 Å². The summed E-state index contributed by atoms with van der Waals surface area (Å²) in [5.74, 6) is -0.632. The molecule has 0 bridgehead atoms. The molecular weight excluding hydrogens is 188 g/mol. The second kappa shape index (κ2) is 4.28. The Hall–Kier alpha value is -1.30. The maximum Gasteiger partial charge on any atom is 0.268 e. The summed E-state index contributed by atoms with van der Waals surface area (Å²) in [6.07, 6.45) is 0.112. The van der Waals surface area contributed by atoms with E-state index in [1.165, 1.54) is 7.11 Å². The molecule has 1 rings (SSSR count). The third kappa shape index (κ3) is 1.95. The van der Waals surface area contributed by atoms with Crippen LogP contribution in [0.15, 0.2) is 4.99 Å². The second-order valence-electron chi connectivity index (χ2n) is 3.27. The van der Waals surface area contributed by atoms with Crippen LogP contribution in [-0.2, 0) is 9.53 Å². The molecule has 0 fully saturated rings. The molecule has 6 nitrogen and oxygen atoms in total. The van der Waals surface area contributed by atoms with Gasteiger partial charge >= 0.3 is 0 Å². The minimum Gasteiger partial charge on any atom is -0.354 e. The Morgan fingerprint density at radius 1 is 1.71 bits per heavy atom. The van der Waals surface area contributed by atoms with Crippen molar-refractivity contribution in [1.29, 1.82) is 0 Å². The highest BCUT2D eigenvalue weighted by atomic mass is 16.6. The van der Waals surface area contributed by atoms with E-state index in [0.717, 1.165) is 0 Å².